The number of hydrogen-bond acceptors (Lipinski definition) is 3. The van der Waals surface area contributed by atoms with E-state index in [1.807, 2.05) is 13.8 Å². The highest BCUT2D eigenvalue weighted by atomic mass is 16.5. The van der Waals surface area contributed by atoms with Crippen LogP contribution in [0, 0.1) is 12.3 Å². The molecule has 3 N–H and O–H groups in total. The fourth-order valence-corrected chi connectivity index (χ4v) is 3.86. The van der Waals surface area contributed by atoms with Crippen molar-refractivity contribution in [2.75, 3.05) is 26.3 Å². The molecular formula is C20H32N2O2. The molecule has 1 aliphatic rings. The lowest BCUT2D eigenvalue weighted by atomic mass is 9.72. The summed E-state index contributed by atoms with van der Waals surface area (Å²) in [6.45, 7) is 8.77. The second-order valence-corrected chi connectivity index (χ2v) is 7.08. The summed E-state index contributed by atoms with van der Waals surface area (Å²) in [5.74, 6) is 0.0921. The number of nitrogens with one attached hydrogen (secondary N) is 1. The number of carbonyl (C=O) groups is 1. The van der Waals surface area contributed by atoms with Crippen molar-refractivity contribution in [3.8, 4) is 0 Å². The quantitative estimate of drug-likeness (QED) is 0.807. The number of ether oxygens (including phenoxy) is 1. The van der Waals surface area contributed by atoms with Crippen molar-refractivity contribution in [3.63, 3.8) is 0 Å². The van der Waals surface area contributed by atoms with Gasteiger partial charge in [-0.3, -0.25) is 4.79 Å². The first kappa shape index (κ1) is 18.9. The van der Waals surface area contributed by atoms with Gasteiger partial charge in [-0.1, -0.05) is 38.1 Å². The Hall–Kier alpha value is -1.39. The van der Waals surface area contributed by atoms with Crippen LogP contribution in [-0.4, -0.2) is 32.2 Å². The molecule has 0 atom stereocenters. The summed E-state index contributed by atoms with van der Waals surface area (Å²) in [7, 11) is 0. The minimum atomic E-state index is -0.446. The number of benzene rings is 1. The molecule has 0 bridgehead atoms. The zero-order valence-electron chi connectivity index (χ0n) is 15.4. The largest absolute Gasteiger partial charge is 0.381 e. The maximum Gasteiger partial charge on any atom is 0.227 e. The Morgan fingerprint density at radius 2 is 1.88 bits per heavy atom. The van der Waals surface area contributed by atoms with E-state index in [0.29, 0.717) is 13.1 Å². The standard InChI is InChI=1S/C20H32N2O2/c1-4-19(5-2,14-21)18(23)22-15-20(10-12-24-13-11-20)17-9-7-6-8-16(17)3/h6-9H,4-5,10-15,21H2,1-3H3,(H,22,23). The van der Waals surface area contributed by atoms with Gasteiger partial charge in [0.05, 0.1) is 5.41 Å². The molecule has 1 aromatic rings. The molecule has 0 saturated carbocycles. The SMILES string of the molecule is CCC(CC)(CN)C(=O)NCC1(c2ccccc2C)CCOCC1. The van der Waals surface area contributed by atoms with Gasteiger partial charge >= 0.3 is 0 Å². The van der Waals surface area contributed by atoms with Crippen LogP contribution in [0.15, 0.2) is 24.3 Å². The fraction of sp³-hybridized carbons (Fsp3) is 0.650. The number of hydrogen-bond donors (Lipinski definition) is 2. The molecule has 0 radical (unpaired) electrons. The van der Waals surface area contributed by atoms with Crippen molar-refractivity contribution >= 4 is 5.91 Å². The molecule has 1 fully saturated rings. The summed E-state index contributed by atoms with van der Waals surface area (Å²) >= 11 is 0. The van der Waals surface area contributed by atoms with Gasteiger partial charge in [-0.05, 0) is 43.7 Å². The Balaban J connectivity index is 2.22. The molecular weight excluding hydrogens is 300 g/mol. The van der Waals surface area contributed by atoms with Crippen LogP contribution >= 0.6 is 0 Å². The second-order valence-electron chi connectivity index (χ2n) is 7.08. The van der Waals surface area contributed by atoms with Crippen LogP contribution in [0.4, 0.5) is 0 Å². The lowest BCUT2D eigenvalue weighted by molar-refractivity contribution is -0.131. The summed E-state index contributed by atoms with van der Waals surface area (Å²) in [5.41, 5.74) is 8.05. The van der Waals surface area contributed by atoms with Gasteiger partial charge in [0, 0.05) is 31.7 Å². The molecule has 1 saturated heterocycles. The Labute approximate surface area is 146 Å². The van der Waals surface area contributed by atoms with Crippen LogP contribution in [0.2, 0.25) is 0 Å². The molecule has 1 aliphatic heterocycles. The van der Waals surface area contributed by atoms with Crippen molar-refractivity contribution in [1.29, 1.82) is 0 Å². The Bertz CT molecular complexity index is 538. The van der Waals surface area contributed by atoms with E-state index in [-0.39, 0.29) is 11.3 Å². The summed E-state index contributed by atoms with van der Waals surface area (Å²) in [6.07, 6.45) is 3.41. The van der Waals surface area contributed by atoms with Gasteiger partial charge in [-0.2, -0.15) is 0 Å². The predicted octanol–water partition coefficient (Wildman–Crippen LogP) is 2.92. The molecule has 1 amide bonds. The predicted molar refractivity (Wildman–Crippen MR) is 98.0 cm³/mol. The van der Waals surface area contributed by atoms with Gasteiger partial charge < -0.3 is 15.8 Å². The van der Waals surface area contributed by atoms with E-state index in [1.165, 1.54) is 11.1 Å². The fourth-order valence-electron chi connectivity index (χ4n) is 3.86. The molecule has 4 nitrogen and oxygen atoms in total. The van der Waals surface area contributed by atoms with E-state index in [0.717, 1.165) is 38.9 Å². The van der Waals surface area contributed by atoms with Gasteiger partial charge in [0.15, 0.2) is 0 Å². The van der Waals surface area contributed by atoms with Crippen LogP contribution in [0.3, 0.4) is 0 Å². The monoisotopic (exact) mass is 332 g/mol. The van der Waals surface area contributed by atoms with Crippen molar-refractivity contribution in [2.24, 2.45) is 11.1 Å². The van der Waals surface area contributed by atoms with E-state index in [1.54, 1.807) is 0 Å². The molecule has 24 heavy (non-hydrogen) atoms. The molecule has 0 spiro atoms. The maximum atomic E-state index is 12.8. The first-order valence-electron chi connectivity index (χ1n) is 9.16. The maximum absolute atomic E-state index is 12.8. The molecule has 0 aromatic heterocycles. The Morgan fingerprint density at radius 1 is 1.25 bits per heavy atom. The number of carbonyl (C=O) groups excluding carboxylic acids is 1. The summed E-state index contributed by atoms with van der Waals surface area (Å²) in [5, 5.41) is 3.24. The van der Waals surface area contributed by atoms with Crippen molar-refractivity contribution in [2.45, 2.75) is 51.9 Å². The lowest BCUT2D eigenvalue weighted by Crippen LogP contribution is -2.51. The molecule has 0 unspecified atom stereocenters. The average Bonchev–Trinajstić information content (AvgIpc) is 2.63. The number of nitrogens with two attached hydrogens (primary N) is 1. The highest BCUT2D eigenvalue weighted by Gasteiger charge is 2.39. The highest BCUT2D eigenvalue weighted by molar-refractivity contribution is 5.83. The molecule has 2 rings (SSSR count). The van der Waals surface area contributed by atoms with Gasteiger partial charge in [-0.25, -0.2) is 0 Å². The van der Waals surface area contributed by atoms with Crippen LogP contribution in [0.5, 0.6) is 0 Å². The molecule has 0 aliphatic carbocycles. The molecule has 1 aromatic carbocycles. The van der Waals surface area contributed by atoms with E-state index in [9.17, 15) is 4.79 Å². The first-order valence-corrected chi connectivity index (χ1v) is 9.16. The van der Waals surface area contributed by atoms with Crippen LogP contribution in [0.25, 0.3) is 0 Å². The number of aryl methyl sites for hydroxylation is 1. The van der Waals surface area contributed by atoms with Gasteiger partial charge in [0.1, 0.15) is 0 Å². The minimum Gasteiger partial charge on any atom is -0.381 e. The summed E-state index contributed by atoms with van der Waals surface area (Å²) in [4.78, 5) is 12.8. The first-order chi connectivity index (χ1) is 11.5. The van der Waals surface area contributed by atoms with Gasteiger partial charge in [0.2, 0.25) is 5.91 Å². The smallest absolute Gasteiger partial charge is 0.227 e. The minimum absolute atomic E-state index is 0.0406. The van der Waals surface area contributed by atoms with E-state index in [2.05, 4.69) is 36.5 Å². The van der Waals surface area contributed by atoms with Crippen molar-refractivity contribution in [3.05, 3.63) is 35.4 Å². The zero-order chi connectivity index (χ0) is 17.6. The zero-order valence-corrected chi connectivity index (χ0v) is 15.4. The lowest BCUT2D eigenvalue weighted by Gasteiger charge is -2.40. The summed E-state index contributed by atoms with van der Waals surface area (Å²) in [6, 6.07) is 8.50. The topological polar surface area (TPSA) is 64.4 Å². The van der Waals surface area contributed by atoms with Gasteiger partial charge in [-0.15, -0.1) is 0 Å². The summed E-state index contributed by atoms with van der Waals surface area (Å²) < 4.78 is 5.59. The van der Waals surface area contributed by atoms with Crippen LogP contribution < -0.4 is 11.1 Å². The van der Waals surface area contributed by atoms with E-state index >= 15 is 0 Å². The number of rotatable bonds is 7. The van der Waals surface area contributed by atoms with Crippen molar-refractivity contribution in [1.82, 2.24) is 5.32 Å². The molecule has 4 heteroatoms. The third-order valence-electron chi connectivity index (χ3n) is 5.98. The average molecular weight is 332 g/mol. The Morgan fingerprint density at radius 3 is 2.42 bits per heavy atom. The second kappa shape index (κ2) is 8.13. The van der Waals surface area contributed by atoms with Crippen LogP contribution in [0.1, 0.15) is 50.7 Å². The van der Waals surface area contributed by atoms with E-state index < -0.39 is 5.41 Å². The third kappa shape index (κ3) is 3.65. The normalized spacial score (nSPS) is 17.5. The molecule has 134 valence electrons. The molecule has 1 heterocycles. The third-order valence-corrected chi connectivity index (χ3v) is 5.98. The van der Waals surface area contributed by atoms with Crippen LogP contribution in [-0.2, 0) is 14.9 Å². The van der Waals surface area contributed by atoms with E-state index in [4.69, 9.17) is 10.5 Å². The Kier molecular flexibility index (Phi) is 6.41. The number of amides is 1. The van der Waals surface area contributed by atoms with Crippen molar-refractivity contribution < 1.29 is 9.53 Å². The highest BCUT2D eigenvalue weighted by Crippen LogP contribution is 2.36. The van der Waals surface area contributed by atoms with Gasteiger partial charge in [0.25, 0.3) is 0 Å².